The lowest BCUT2D eigenvalue weighted by atomic mass is 10.1. The van der Waals surface area contributed by atoms with E-state index in [9.17, 15) is 26.8 Å². The fraction of sp³-hybridized carbons (Fsp3) is 0.222. The van der Waals surface area contributed by atoms with E-state index in [1.807, 2.05) is 0 Å². The molecule has 0 heterocycles. The van der Waals surface area contributed by atoms with E-state index in [1.165, 1.54) is 0 Å². The predicted octanol–water partition coefficient (Wildman–Crippen LogP) is 3.09. The van der Waals surface area contributed by atoms with Crippen molar-refractivity contribution in [2.45, 2.75) is 18.7 Å². The van der Waals surface area contributed by atoms with Crippen LogP contribution in [0.2, 0.25) is 0 Å². The SMILES string of the molecule is CCOC(=O)c1cc(OS(=O)(=O)c2ccc(F)c(F)c2)cc(C(=O)OCC)c1. The number of hydrogen-bond donors (Lipinski definition) is 0. The number of hydrogen-bond acceptors (Lipinski definition) is 7. The van der Waals surface area contributed by atoms with Gasteiger partial charge in [-0.1, -0.05) is 0 Å². The van der Waals surface area contributed by atoms with E-state index in [4.69, 9.17) is 13.7 Å². The fourth-order valence-corrected chi connectivity index (χ4v) is 3.05. The molecule has 28 heavy (non-hydrogen) atoms. The van der Waals surface area contributed by atoms with E-state index in [1.54, 1.807) is 13.8 Å². The monoisotopic (exact) mass is 414 g/mol. The Morgan fingerprint density at radius 1 is 0.857 bits per heavy atom. The Morgan fingerprint density at radius 2 is 1.39 bits per heavy atom. The quantitative estimate of drug-likeness (QED) is 0.507. The topological polar surface area (TPSA) is 96.0 Å². The summed E-state index contributed by atoms with van der Waals surface area (Å²) in [6.45, 7) is 3.23. The van der Waals surface area contributed by atoms with Gasteiger partial charge >= 0.3 is 22.1 Å². The third-order valence-corrected chi connectivity index (χ3v) is 4.56. The maximum Gasteiger partial charge on any atom is 0.339 e. The van der Waals surface area contributed by atoms with Crippen molar-refractivity contribution < 1.29 is 40.4 Å². The van der Waals surface area contributed by atoms with Crippen LogP contribution in [0, 0.1) is 11.6 Å². The molecule has 0 aliphatic carbocycles. The Kier molecular flexibility index (Phi) is 6.68. The Bertz CT molecular complexity index is 967. The molecule has 7 nitrogen and oxygen atoms in total. The third-order valence-electron chi connectivity index (χ3n) is 3.31. The standard InChI is InChI=1S/C18H16F2O7S/c1-3-25-17(21)11-7-12(18(22)26-4-2)9-13(8-11)27-28(23,24)14-5-6-15(19)16(20)10-14/h5-10H,3-4H2,1-2H3. The van der Waals surface area contributed by atoms with Crippen LogP contribution in [0.25, 0.3) is 0 Å². The second kappa shape index (κ2) is 8.79. The smallest absolute Gasteiger partial charge is 0.339 e. The first-order valence-electron chi connectivity index (χ1n) is 8.06. The molecule has 0 fully saturated rings. The van der Waals surface area contributed by atoms with Crippen molar-refractivity contribution in [2.75, 3.05) is 13.2 Å². The zero-order chi connectivity index (χ0) is 20.9. The van der Waals surface area contributed by atoms with Crippen molar-refractivity contribution in [1.29, 1.82) is 0 Å². The van der Waals surface area contributed by atoms with E-state index >= 15 is 0 Å². The largest absolute Gasteiger partial charge is 0.462 e. The average Bonchev–Trinajstić information content (AvgIpc) is 2.63. The van der Waals surface area contributed by atoms with E-state index in [0.717, 1.165) is 24.3 Å². The molecule has 10 heteroatoms. The second-order valence-corrected chi connectivity index (χ2v) is 6.85. The third kappa shape index (κ3) is 5.03. The predicted molar refractivity (Wildman–Crippen MR) is 92.5 cm³/mol. The van der Waals surface area contributed by atoms with Crippen molar-refractivity contribution in [3.8, 4) is 5.75 Å². The molecule has 0 aliphatic heterocycles. The molecule has 150 valence electrons. The van der Waals surface area contributed by atoms with Gasteiger partial charge in [0.1, 0.15) is 10.6 Å². The van der Waals surface area contributed by atoms with Crippen molar-refractivity contribution in [3.05, 3.63) is 59.2 Å². The molecule has 0 saturated carbocycles. The van der Waals surface area contributed by atoms with E-state index in [2.05, 4.69) is 0 Å². The summed E-state index contributed by atoms with van der Waals surface area (Å²) in [5, 5.41) is 0. The molecular weight excluding hydrogens is 398 g/mol. The van der Waals surface area contributed by atoms with Crippen LogP contribution in [0.4, 0.5) is 8.78 Å². The first-order chi connectivity index (χ1) is 13.2. The molecule has 0 aliphatic rings. The Hall–Kier alpha value is -3.01. The number of benzene rings is 2. The van der Waals surface area contributed by atoms with Gasteiger partial charge < -0.3 is 13.7 Å². The summed E-state index contributed by atoms with van der Waals surface area (Å²) in [5.74, 6) is -4.64. The molecule has 2 aromatic rings. The highest BCUT2D eigenvalue weighted by Gasteiger charge is 2.22. The van der Waals surface area contributed by atoms with Gasteiger partial charge in [-0.15, -0.1) is 0 Å². The van der Waals surface area contributed by atoms with Crippen molar-refractivity contribution in [3.63, 3.8) is 0 Å². The lowest BCUT2D eigenvalue weighted by Gasteiger charge is -2.11. The molecule has 0 bridgehead atoms. The van der Waals surface area contributed by atoms with E-state index < -0.39 is 44.3 Å². The van der Waals surface area contributed by atoms with Gasteiger partial charge in [-0.3, -0.25) is 0 Å². The fourth-order valence-electron chi connectivity index (χ4n) is 2.12. The number of esters is 2. The van der Waals surface area contributed by atoms with Gasteiger partial charge in [0.05, 0.1) is 24.3 Å². The van der Waals surface area contributed by atoms with Gasteiger partial charge in [-0.2, -0.15) is 8.42 Å². The Morgan fingerprint density at radius 3 is 1.86 bits per heavy atom. The molecule has 2 aromatic carbocycles. The molecule has 0 unspecified atom stereocenters. The molecular formula is C18H16F2O7S. The summed E-state index contributed by atoms with van der Waals surface area (Å²) in [6, 6.07) is 5.13. The highest BCUT2D eigenvalue weighted by molar-refractivity contribution is 7.87. The molecule has 2 rings (SSSR count). The number of carbonyl (C=O) groups excluding carboxylic acids is 2. The Balaban J connectivity index is 2.46. The van der Waals surface area contributed by atoms with Crippen molar-refractivity contribution >= 4 is 22.1 Å². The first-order valence-corrected chi connectivity index (χ1v) is 9.47. The van der Waals surface area contributed by atoms with Crippen LogP contribution in [0.15, 0.2) is 41.3 Å². The van der Waals surface area contributed by atoms with Crippen LogP contribution in [-0.4, -0.2) is 33.6 Å². The molecule has 0 amide bonds. The highest BCUT2D eigenvalue weighted by Crippen LogP contribution is 2.24. The molecule has 0 aromatic heterocycles. The Labute approximate surface area is 160 Å². The van der Waals surface area contributed by atoms with Crippen molar-refractivity contribution in [2.24, 2.45) is 0 Å². The van der Waals surface area contributed by atoms with Crippen LogP contribution < -0.4 is 4.18 Å². The maximum atomic E-state index is 13.3. The number of rotatable bonds is 7. The maximum absolute atomic E-state index is 13.3. The first kappa shape index (κ1) is 21.3. The van der Waals surface area contributed by atoms with Crippen LogP contribution in [-0.2, 0) is 19.6 Å². The summed E-state index contributed by atoms with van der Waals surface area (Å²) in [4.78, 5) is 23.3. The summed E-state index contributed by atoms with van der Waals surface area (Å²) >= 11 is 0. The molecule has 0 N–H and O–H groups in total. The number of carbonyl (C=O) groups is 2. The minimum atomic E-state index is -4.57. The summed E-state index contributed by atoms with van der Waals surface area (Å²) in [7, 11) is -4.57. The van der Waals surface area contributed by atoms with Gasteiger partial charge in [-0.05, 0) is 50.2 Å². The lowest BCUT2D eigenvalue weighted by Crippen LogP contribution is -2.13. The van der Waals surface area contributed by atoms with Crippen LogP contribution in [0.5, 0.6) is 5.75 Å². The molecule has 0 spiro atoms. The van der Waals surface area contributed by atoms with Gasteiger partial charge in [-0.25, -0.2) is 18.4 Å². The average molecular weight is 414 g/mol. The lowest BCUT2D eigenvalue weighted by molar-refractivity contribution is 0.0524. The molecule has 0 radical (unpaired) electrons. The van der Waals surface area contributed by atoms with Crippen LogP contribution in [0.3, 0.4) is 0 Å². The number of halogens is 2. The van der Waals surface area contributed by atoms with Crippen molar-refractivity contribution in [1.82, 2.24) is 0 Å². The van der Waals surface area contributed by atoms with Crippen LogP contribution in [0.1, 0.15) is 34.6 Å². The van der Waals surface area contributed by atoms with Crippen LogP contribution >= 0.6 is 0 Å². The number of ether oxygens (including phenoxy) is 2. The zero-order valence-electron chi connectivity index (χ0n) is 14.9. The van der Waals surface area contributed by atoms with Gasteiger partial charge in [0.25, 0.3) is 0 Å². The van der Waals surface area contributed by atoms with Gasteiger partial charge in [0.2, 0.25) is 0 Å². The van der Waals surface area contributed by atoms with Gasteiger partial charge in [0.15, 0.2) is 11.6 Å². The van der Waals surface area contributed by atoms with E-state index in [0.29, 0.717) is 12.1 Å². The molecule has 0 atom stereocenters. The normalized spacial score (nSPS) is 11.0. The molecule has 0 saturated heterocycles. The second-order valence-electron chi connectivity index (χ2n) is 5.30. The minimum absolute atomic E-state index is 0.0474. The van der Waals surface area contributed by atoms with E-state index in [-0.39, 0.29) is 24.3 Å². The summed E-state index contributed by atoms with van der Waals surface area (Å²) < 4.78 is 65.6. The zero-order valence-corrected chi connectivity index (χ0v) is 15.7. The van der Waals surface area contributed by atoms with Gasteiger partial charge in [0, 0.05) is 0 Å². The highest BCUT2D eigenvalue weighted by atomic mass is 32.2. The summed E-state index contributed by atoms with van der Waals surface area (Å²) in [5.41, 5.74) is -0.300. The summed E-state index contributed by atoms with van der Waals surface area (Å²) in [6.07, 6.45) is 0. The minimum Gasteiger partial charge on any atom is -0.462 e.